The highest BCUT2D eigenvalue weighted by molar-refractivity contribution is 5.76. The van der Waals surface area contributed by atoms with Crippen molar-refractivity contribution in [3.8, 4) is 0 Å². The molecule has 1 rings (SSSR count). The Morgan fingerprint density at radius 2 is 1.25 bits per heavy atom. The number of hydrogen-bond donors (Lipinski definition) is 6. The zero-order chi connectivity index (χ0) is 32.4. The van der Waals surface area contributed by atoms with E-state index in [1.165, 1.54) is 89.9 Å². The quantitative estimate of drug-likeness (QED) is 0.0495. The number of aliphatic hydroxyl groups is 5. The fourth-order valence-corrected chi connectivity index (χ4v) is 5.62. The molecule has 0 bridgehead atoms. The highest BCUT2D eigenvalue weighted by atomic mass is 16.7. The van der Waals surface area contributed by atoms with Gasteiger partial charge in [-0.15, -0.1) is 0 Å². The average molecular weight is 630 g/mol. The van der Waals surface area contributed by atoms with Crippen LogP contribution in [-0.2, 0) is 14.3 Å². The molecule has 1 amide bonds. The van der Waals surface area contributed by atoms with Crippen LogP contribution in [0.1, 0.15) is 149 Å². The number of nitrogens with one attached hydrogen (secondary N) is 1. The Bertz CT molecular complexity index is 706. The summed E-state index contributed by atoms with van der Waals surface area (Å²) in [4.78, 5) is 12.8. The van der Waals surface area contributed by atoms with Crippen molar-refractivity contribution in [3.05, 3.63) is 12.2 Å². The molecular formula is C35H67NO8. The zero-order valence-corrected chi connectivity index (χ0v) is 27.9. The Morgan fingerprint density at radius 3 is 1.77 bits per heavy atom. The van der Waals surface area contributed by atoms with Gasteiger partial charge in [0.15, 0.2) is 6.29 Å². The summed E-state index contributed by atoms with van der Waals surface area (Å²) in [5.41, 5.74) is 0. The molecule has 9 nitrogen and oxygen atoms in total. The third-order valence-electron chi connectivity index (χ3n) is 8.61. The van der Waals surface area contributed by atoms with E-state index in [1.54, 1.807) is 6.08 Å². The summed E-state index contributed by atoms with van der Waals surface area (Å²) >= 11 is 0. The van der Waals surface area contributed by atoms with Gasteiger partial charge in [0.1, 0.15) is 24.4 Å². The van der Waals surface area contributed by atoms with Crippen LogP contribution in [0.25, 0.3) is 0 Å². The number of ether oxygens (including phenoxy) is 2. The predicted molar refractivity (Wildman–Crippen MR) is 175 cm³/mol. The van der Waals surface area contributed by atoms with Gasteiger partial charge >= 0.3 is 0 Å². The molecule has 0 aromatic heterocycles. The smallest absolute Gasteiger partial charge is 0.220 e. The van der Waals surface area contributed by atoms with Crippen LogP contribution in [0.5, 0.6) is 0 Å². The second-order valence-electron chi connectivity index (χ2n) is 12.7. The summed E-state index contributed by atoms with van der Waals surface area (Å²) in [6.07, 6.45) is 19.7. The number of amides is 1. The van der Waals surface area contributed by atoms with Gasteiger partial charge in [0, 0.05) is 6.42 Å². The Balaban J connectivity index is 2.51. The first-order chi connectivity index (χ1) is 21.3. The van der Waals surface area contributed by atoms with Crippen LogP contribution in [0, 0.1) is 0 Å². The molecule has 260 valence electrons. The molecule has 1 aliphatic heterocycles. The Kier molecular flexibility index (Phi) is 25.2. The third kappa shape index (κ3) is 18.8. The number of unbranched alkanes of at least 4 members (excludes halogenated alkanes) is 18. The fourth-order valence-electron chi connectivity index (χ4n) is 5.62. The molecule has 44 heavy (non-hydrogen) atoms. The molecule has 1 saturated heterocycles. The highest BCUT2D eigenvalue weighted by Crippen LogP contribution is 2.22. The molecule has 1 aliphatic rings. The molecule has 7 atom stereocenters. The lowest BCUT2D eigenvalue weighted by Gasteiger charge is -2.40. The summed E-state index contributed by atoms with van der Waals surface area (Å²) in [7, 11) is 0. The average Bonchev–Trinajstić information content (AvgIpc) is 3.02. The van der Waals surface area contributed by atoms with Crippen LogP contribution < -0.4 is 5.32 Å². The van der Waals surface area contributed by atoms with Gasteiger partial charge in [0.25, 0.3) is 0 Å². The molecule has 1 heterocycles. The highest BCUT2D eigenvalue weighted by Gasteiger charge is 2.44. The van der Waals surface area contributed by atoms with Crippen molar-refractivity contribution in [1.29, 1.82) is 0 Å². The lowest BCUT2D eigenvalue weighted by molar-refractivity contribution is -0.302. The number of aliphatic hydroxyl groups excluding tert-OH is 5. The van der Waals surface area contributed by atoms with E-state index in [4.69, 9.17) is 9.47 Å². The maximum atomic E-state index is 12.8. The summed E-state index contributed by atoms with van der Waals surface area (Å²) in [5.74, 6) is -0.182. The van der Waals surface area contributed by atoms with Crippen molar-refractivity contribution in [2.45, 2.75) is 192 Å². The summed E-state index contributed by atoms with van der Waals surface area (Å²) in [6.45, 7) is 3.71. The van der Waals surface area contributed by atoms with Crippen LogP contribution in [0.2, 0.25) is 0 Å². The molecule has 0 aromatic rings. The number of carbonyl (C=O) groups excluding carboxylic acids is 1. The van der Waals surface area contributed by atoms with E-state index in [9.17, 15) is 30.3 Å². The van der Waals surface area contributed by atoms with Crippen LogP contribution >= 0.6 is 0 Å². The van der Waals surface area contributed by atoms with Crippen molar-refractivity contribution < 1.29 is 39.8 Å². The second kappa shape index (κ2) is 27.1. The van der Waals surface area contributed by atoms with Gasteiger partial charge in [0.2, 0.25) is 5.91 Å². The number of allylic oxidation sites excluding steroid dienone is 1. The van der Waals surface area contributed by atoms with Gasteiger partial charge in [-0.3, -0.25) is 4.79 Å². The first kappa shape index (κ1) is 41.0. The van der Waals surface area contributed by atoms with Gasteiger partial charge in [-0.05, 0) is 19.3 Å². The molecule has 0 radical (unpaired) electrons. The second-order valence-corrected chi connectivity index (χ2v) is 12.7. The summed E-state index contributed by atoms with van der Waals surface area (Å²) in [5, 5.41) is 53.7. The molecule has 9 heteroatoms. The Labute approximate surface area is 267 Å². The molecular weight excluding hydrogens is 562 g/mol. The van der Waals surface area contributed by atoms with Gasteiger partial charge in [0.05, 0.1) is 25.4 Å². The maximum Gasteiger partial charge on any atom is 0.220 e. The van der Waals surface area contributed by atoms with Crippen molar-refractivity contribution in [3.63, 3.8) is 0 Å². The van der Waals surface area contributed by atoms with E-state index in [0.717, 1.165) is 38.5 Å². The van der Waals surface area contributed by atoms with Crippen LogP contribution in [0.15, 0.2) is 12.2 Å². The van der Waals surface area contributed by atoms with E-state index < -0.39 is 49.5 Å². The first-order valence-electron chi connectivity index (χ1n) is 17.9. The fraction of sp³-hybridized carbons (Fsp3) is 0.914. The number of rotatable bonds is 28. The molecule has 2 unspecified atom stereocenters. The van der Waals surface area contributed by atoms with Crippen molar-refractivity contribution in [1.82, 2.24) is 5.32 Å². The molecule has 0 aromatic carbocycles. The van der Waals surface area contributed by atoms with Crippen LogP contribution in [0.4, 0.5) is 0 Å². The number of carbonyl (C=O) groups is 1. The minimum Gasteiger partial charge on any atom is -0.394 e. The monoisotopic (exact) mass is 629 g/mol. The SMILES string of the molecule is CCCCCCCCCCC/C=C/[C@@H](O)[C@H](CO[C@@H]1O[C@H](CO)[C@@H](O)C(O)C1O)NC(=O)CCCCCCCCCCCC. The van der Waals surface area contributed by atoms with E-state index in [1.807, 2.05) is 6.08 Å². The molecule has 0 aliphatic carbocycles. The van der Waals surface area contributed by atoms with Crippen molar-refractivity contribution >= 4 is 5.91 Å². The van der Waals surface area contributed by atoms with Crippen LogP contribution in [-0.4, -0.2) is 87.5 Å². The van der Waals surface area contributed by atoms with Crippen LogP contribution in [0.3, 0.4) is 0 Å². The lowest BCUT2D eigenvalue weighted by atomic mass is 9.99. The Hall–Kier alpha value is -1.07. The molecule has 0 spiro atoms. The predicted octanol–water partition coefficient (Wildman–Crippen LogP) is 5.44. The normalized spacial score (nSPS) is 23.7. The largest absolute Gasteiger partial charge is 0.394 e. The van der Waals surface area contributed by atoms with Gasteiger partial charge in [-0.1, -0.05) is 135 Å². The van der Waals surface area contributed by atoms with E-state index in [2.05, 4.69) is 19.2 Å². The zero-order valence-electron chi connectivity index (χ0n) is 27.9. The Morgan fingerprint density at radius 1 is 0.750 bits per heavy atom. The van der Waals surface area contributed by atoms with E-state index in [0.29, 0.717) is 6.42 Å². The number of hydrogen-bond acceptors (Lipinski definition) is 8. The third-order valence-corrected chi connectivity index (χ3v) is 8.61. The summed E-state index contributed by atoms with van der Waals surface area (Å²) < 4.78 is 11.1. The molecule has 6 N–H and O–H groups in total. The maximum absolute atomic E-state index is 12.8. The van der Waals surface area contributed by atoms with Gasteiger partial charge in [-0.25, -0.2) is 0 Å². The topological polar surface area (TPSA) is 149 Å². The van der Waals surface area contributed by atoms with E-state index in [-0.39, 0.29) is 12.5 Å². The van der Waals surface area contributed by atoms with Gasteiger partial charge < -0.3 is 40.3 Å². The standard InChI is InChI=1S/C35H67NO8/c1-3-5-7-9-11-13-15-16-18-20-22-24-29(38)28(27-43-35-34(42)33(41)32(40)30(26-37)44-35)36-31(39)25-23-21-19-17-14-12-10-8-6-4-2/h22,24,28-30,32-35,37-38,40-42H,3-21,23,25-27H2,1-2H3,(H,36,39)/b24-22+/t28-,29+,30+,32+,33?,34?,35+/m0/s1. The van der Waals surface area contributed by atoms with Gasteiger partial charge in [-0.2, -0.15) is 0 Å². The van der Waals surface area contributed by atoms with Crippen molar-refractivity contribution in [2.75, 3.05) is 13.2 Å². The molecule has 0 saturated carbocycles. The minimum absolute atomic E-state index is 0.182. The van der Waals surface area contributed by atoms with E-state index >= 15 is 0 Å². The molecule has 1 fully saturated rings. The lowest BCUT2D eigenvalue weighted by Crippen LogP contribution is -2.60. The summed E-state index contributed by atoms with van der Waals surface area (Å²) in [6, 6.07) is -0.794. The first-order valence-corrected chi connectivity index (χ1v) is 17.9. The van der Waals surface area contributed by atoms with Crippen molar-refractivity contribution in [2.24, 2.45) is 0 Å². The minimum atomic E-state index is -1.56.